The van der Waals surface area contributed by atoms with Crippen molar-refractivity contribution in [3.05, 3.63) is 0 Å². The average Bonchev–Trinajstić information content (AvgIpc) is 2.26. The molecule has 0 spiro atoms. The Kier molecular flexibility index (Phi) is 5.05. The topological polar surface area (TPSA) is 58.6 Å². The minimum atomic E-state index is -0.646. The van der Waals surface area contributed by atoms with Crippen molar-refractivity contribution < 1.29 is 14.6 Å². The van der Waals surface area contributed by atoms with Crippen molar-refractivity contribution in [3.8, 4) is 0 Å². The summed E-state index contributed by atoms with van der Waals surface area (Å²) in [7, 11) is 1.68. The summed E-state index contributed by atoms with van der Waals surface area (Å²) in [5.74, 6) is -0.646. The number of carboxylic acids is 1. The van der Waals surface area contributed by atoms with Gasteiger partial charge in [0.1, 0.15) is 0 Å². The van der Waals surface area contributed by atoms with Crippen molar-refractivity contribution in [3.63, 3.8) is 0 Å². The number of piperidine rings is 1. The Labute approximate surface area is 91.0 Å². The summed E-state index contributed by atoms with van der Waals surface area (Å²) in [6, 6.07) is 0. The molecule has 0 aromatic rings. The van der Waals surface area contributed by atoms with E-state index < -0.39 is 11.4 Å². The SMILES string of the molecule is COCCCCC1(C(=O)O)CCCNC1. The number of aliphatic carboxylic acids is 1. The van der Waals surface area contributed by atoms with E-state index in [0.717, 1.165) is 45.3 Å². The van der Waals surface area contributed by atoms with Crippen LogP contribution in [0.5, 0.6) is 0 Å². The molecule has 1 atom stereocenters. The molecule has 0 saturated carbocycles. The lowest BCUT2D eigenvalue weighted by Gasteiger charge is -2.33. The van der Waals surface area contributed by atoms with Gasteiger partial charge in [0.2, 0.25) is 0 Å². The fraction of sp³-hybridized carbons (Fsp3) is 0.909. The molecule has 15 heavy (non-hydrogen) atoms. The molecule has 1 rings (SSSR count). The number of hydrogen-bond acceptors (Lipinski definition) is 3. The number of hydrogen-bond donors (Lipinski definition) is 2. The van der Waals surface area contributed by atoms with Gasteiger partial charge in [-0.25, -0.2) is 0 Å². The third kappa shape index (κ3) is 3.47. The maximum atomic E-state index is 11.3. The van der Waals surface area contributed by atoms with Gasteiger partial charge in [-0.15, -0.1) is 0 Å². The zero-order chi connectivity index (χ0) is 11.1. The molecule has 0 amide bonds. The van der Waals surface area contributed by atoms with Crippen LogP contribution < -0.4 is 5.32 Å². The molecule has 1 heterocycles. The van der Waals surface area contributed by atoms with Gasteiger partial charge in [0.05, 0.1) is 5.41 Å². The minimum absolute atomic E-state index is 0.522. The van der Waals surface area contributed by atoms with Crippen LogP contribution in [0.4, 0.5) is 0 Å². The van der Waals surface area contributed by atoms with Gasteiger partial charge in [-0.3, -0.25) is 4.79 Å². The molecule has 1 aliphatic rings. The summed E-state index contributed by atoms with van der Waals surface area (Å²) in [4.78, 5) is 11.3. The lowest BCUT2D eigenvalue weighted by Crippen LogP contribution is -2.45. The maximum Gasteiger partial charge on any atom is 0.310 e. The highest BCUT2D eigenvalue weighted by atomic mass is 16.5. The number of nitrogens with one attached hydrogen (secondary N) is 1. The third-order valence-electron chi connectivity index (χ3n) is 3.18. The summed E-state index contributed by atoms with van der Waals surface area (Å²) >= 11 is 0. The quantitative estimate of drug-likeness (QED) is 0.655. The number of carboxylic acid groups (broad SMARTS) is 1. The standard InChI is InChI=1S/C11H21NO3/c1-15-8-3-2-5-11(10(13)14)6-4-7-12-9-11/h12H,2-9H2,1H3,(H,13,14). The van der Waals surface area contributed by atoms with Gasteiger partial charge in [-0.1, -0.05) is 0 Å². The van der Waals surface area contributed by atoms with E-state index in [1.807, 2.05) is 0 Å². The van der Waals surface area contributed by atoms with Crippen LogP contribution in [-0.4, -0.2) is 37.9 Å². The van der Waals surface area contributed by atoms with Gasteiger partial charge in [0.25, 0.3) is 0 Å². The first-order valence-electron chi connectivity index (χ1n) is 5.64. The van der Waals surface area contributed by atoms with Crippen LogP contribution in [0.3, 0.4) is 0 Å². The second-order valence-electron chi connectivity index (χ2n) is 4.32. The molecule has 0 radical (unpaired) electrons. The van der Waals surface area contributed by atoms with E-state index in [9.17, 15) is 9.90 Å². The summed E-state index contributed by atoms with van der Waals surface area (Å²) in [5.41, 5.74) is -0.522. The van der Waals surface area contributed by atoms with Crippen LogP contribution in [0.2, 0.25) is 0 Å². The minimum Gasteiger partial charge on any atom is -0.481 e. The molecule has 1 saturated heterocycles. The third-order valence-corrected chi connectivity index (χ3v) is 3.18. The van der Waals surface area contributed by atoms with Gasteiger partial charge in [-0.2, -0.15) is 0 Å². The summed E-state index contributed by atoms with van der Waals surface area (Å²) in [6.07, 6.45) is 4.42. The summed E-state index contributed by atoms with van der Waals surface area (Å²) in [5, 5.41) is 12.5. The summed E-state index contributed by atoms with van der Waals surface area (Å²) in [6.45, 7) is 2.30. The molecule has 0 aliphatic carbocycles. The van der Waals surface area contributed by atoms with Crippen LogP contribution in [0.15, 0.2) is 0 Å². The second-order valence-corrected chi connectivity index (χ2v) is 4.32. The molecule has 1 fully saturated rings. The van der Waals surface area contributed by atoms with Crippen LogP contribution in [0.1, 0.15) is 32.1 Å². The van der Waals surface area contributed by atoms with Crippen molar-refractivity contribution in [1.82, 2.24) is 5.32 Å². The monoisotopic (exact) mass is 215 g/mol. The van der Waals surface area contributed by atoms with Crippen molar-refractivity contribution in [2.75, 3.05) is 26.8 Å². The first-order chi connectivity index (χ1) is 7.21. The first-order valence-corrected chi connectivity index (χ1v) is 5.64. The molecule has 4 heteroatoms. The summed E-state index contributed by atoms with van der Waals surface area (Å²) < 4.78 is 4.96. The van der Waals surface area contributed by atoms with Crippen molar-refractivity contribution in [2.24, 2.45) is 5.41 Å². The zero-order valence-corrected chi connectivity index (χ0v) is 9.42. The van der Waals surface area contributed by atoms with E-state index in [4.69, 9.17) is 4.74 Å². The van der Waals surface area contributed by atoms with Crippen LogP contribution in [0, 0.1) is 5.41 Å². The maximum absolute atomic E-state index is 11.3. The van der Waals surface area contributed by atoms with E-state index in [1.54, 1.807) is 7.11 Å². The predicted molar refractivity (Wildman–Crippen MR) is 57.9 cm³/mol. The number of unbranched alkanes of at least 4 members (excludes halogenated alkanes) is 1. The highest BCUT2D eigenvalue weighted by Crippen LogP contribution is 2.32. The Morgan fingerprint density at radius 3 is 2.87 bits per heavy atom. The number of methoxy groups -OCH3 is 1. The first kappa shape index (κ1) is 12.5. The van der Waals surface area contributed by atoms with Crippen LogP contribution in [-0.2, 0) is 9.53 Å². The van der Waals surface area contributed by atoms with Crippen LogP contribution >= 0.6 is 0 Å². The van der Waals surface area contributed by atoms with Crippen LogP contribution in [0.25, 0.3) is 0 Å². The highest BCUT2D eigenvalue weighted by Gasteiger charge is 2.38. The molecule has 0 bridgehead atoms. The molecule has 2 N–H and O–H groups in total. The number of carbonyl (C=O) groups is 1. The van der Waals surface area contributed by atoms with Gasteiger partial charge in [0, 0.05) is 20.3 Å². The lowest BCUT2D eigenvalue weighted by molar-refractivity contribution is -0.150. The smallest absolute Gasteiger partial charge is 0.310 e. The van der Waals surface area contributed by atoms with E-state index in [1.165, 1.54) is 0 Å². The molecule has 0 aromatic heterocycles. The van der Waals surface area contributed by atoms with E-state index in [2.05, 4.69) is 5.32 Å². The highest BCUT2D eigenvalue weighted by molar-refractivity contribution is 5.75. The molecule has 4 nitrogen and oxygen atoms in total. The predicted octanol–water partition coefficient (Wildman–Crippen LogP) is 1.26. The van der Waals surface area contributed by atoms with Gasteiger partial charge < -0.3 is 15.2 Å². The normalized spacial score (nSPS) is 26.5. The Hall–Kier alpha value is -0.610. The molecule has 0 aromatic carbocycles. The van der Waals surface area contributed by atoms with Gasteiger partial charge >= 0.3 is 5.97 Å². The molecular formula is C11H21NO3. The number of rotatable bonds is 6. The van der Waals surface area contributed by atoms with Gasteiger partial charge in [-0.05, 0) is 38.6 Å². The van der Waals surface area contributed by atoms with Crippen molar-refractivity contribution >= 4 is 5.97 Å². The fourth-order valence-corrected chi connectivity index (χ4v) is 2.18. The van der Waals surface area contributed by atoms with Crippen molar-refractivity contribution in [1.29, 1.82) is 0 Å². The Morgan fingerprint density at radius 1 is 1.53 bits per heavy atom. The molecule has 88 valence electrons. The number of ether oxygens (including phenoxy) is 1. The molecule has 1 unspecified atom stereocenters. The van der Waals surface area contributed by atoms with E-state index in [0.29, 0.717) is 6.54 Å². The zero-order valence-electron chi connectivity index (χ0n) is 9.42. The van der Waals surface area contributed by atoms with E-state index in [-0.39, 0.29) is 0 Å². The lowest BCUT2D eigenvalue weighted by atomic mass is 9.76. The van der Waals surface area contributed by atoms with E-state index >= 15 is 0 Å². The molecular weight excluding hydrogens is 194 g/mol. The van der Waals surface area contributed by atoms with Crippen molar-refractivity contribution in [2.45, 2.75) is 32.1 Å². The second kappa shape index (κ2) is 6.08. The van der Waals surface area contributed by atoms with Gasteiger partial charge in [0.15, 0.2) is 0 Å². The Balaban J connectivity index is 2.39. The Morgan fingerprint density at radius 2 is 2.33 bits per heavy atom. The molecule has 1 aliphatic heterocycles. The Bertz CT molecular complexity index is 200. The average molecular weight is 215 g/mol. The largest absolute Gasteiger partial charge is 0.481 e. The fourth-order valence-electron chi connectivity index (χ4n) is 2.18.